The molecule has 0 aliphatic heterocycles. The first-order valence-electron chi connectivity index (χ1n) is 6.57. The standard InChI is InChI=1S/C14H23NO/c1-10(2)8-12-4-6-13(7-5-12)14-15-11(3)9-16-14/h9-10,12-13H,4-8H2,1-3H3. The van der Waals surface area contributed by atoms with Gasteiger partial charge in [0, 0.05) is 5.92 Å². The van der Waals surface area contributed by atoms with Gasteiger partial charge >= 0.3 is 0 Å². The summed E-state index contributed by atoms with van der Waals surface area (Å²) in [5.74, 6) is 3.33. The van der Waals surface area contributed by atoms with Crippen molar-refractivity contribution in [1.82, 2.24) is 4.98 Å². The zero-order valence-electron chi connectivity index (χ0n) is 10.7. The van der Waals surface area contributed by atoms with Crippen molar-refractivity contribution in [3.05, 3.63) is 17.8 Å². The van der Waals surface area contributed by atoms with Gasteiger partial charge in [0.25, 0.3) is 0 Å². The van der Waals surface area contributed by atoms with Crippen LogP contribution in [0.4, 0.5) is 0 Å². The van der Waals surface area contributed by atoms with E-state index < -0.39 is 0 Å². The van der Waals surface area contributed by atoms with Gasteiger partial charge in [0.1, 0.15) is 6.26 Å². The van der Waals surface area contributed by atoms with Crippen LogP contribution in [0.1, 0.15) is 63.5 Å². The molecule has 16 heavy (non-hydrogen) atoms. The van der Waals surface area contributed by atoms with Crippen LogP contribution < -0.4 is 0 Å². The van der Waals surface area contributed by atoms with Gasteiger partial charge in [-0.25, -0.2) is 4.98 Å². The van der Waals surface area contributed by atoms with Gasteiger partial charge in [-0.2, -0.15) is 0 Å². The van der Waals surface area contributed by atoms with E-state index in [4.69, 9.17) is 4.42 Å². The molecule has 1 fully saturated rings. The van der Waals surface area contributed by atoms with E-state index in [1.54, 1.807) is 6.26 Å². The summed E-state index contributed by atoms with van der Waals surface area (Å²) in [4.78, 5) is 4.45. The van der Waals surface area contributed by atoms with Crippen LogP contribution in [0.3, 0.4) is 0 Å². The molecule has 0 radical (unpaired) electrons. The summed E-state index contributed by atoms with van der Waals surface area (Å²) in [5, 5.41) is 0. The zero-order chi connectivity index (χ0) is 11.5. The molecule has 0 aromatic carbocycles. The Morgan fingerprint density at radius 3 is 2.50 bits per heavy atom. The molecule has 0 atom stereocenters. The Morgan fingerprint density at radius 1 is 1.31 bits per heavy atom. The average molecular weight is 221 g/mol. The molecule has 1 aromatic heterocycles. The summed E-state index contributed by atoms with van der Waals surface area (Å²) < 4.78 is 5.51. The van der Waals surface area contributed by atoms with Gasteiger partial charge < -0.3 is 4.42 Å². The molecular weight excluding hydrogens is 198 g/mol. The van der Waals surface area contributed by atoms with Crippen LogP contribution >= 0.6 is 0 Å². The molecule has 0 bridgehead atoms. The highest BCUT2D eigenvalue weighted by atomic mass is 16.3. The first-order chi connectivity index (χ1) is 7.65. The van der Waals surface area contributed by atoms with E-state index in [2.05, 4.69) is 18.8 Å². The van der Waals surface area contributed by atoms with Crippen molar-refractivity contribution >= 4 is 0 Å². The molecule has 0 N–H and O–H groups in total. The maximum atomic E-state index is 5.51. The number of aromatic nitrogens is 1. The fourth-order valence-electron chi connectivity index (χ4n) is 2.87. The van der Waals surface area contributed by atoms with Gasteiger partial charge in [0.15, 0.2) is 5.89 Å². The minimum atomic E-state index is 0.581. The van der Waals surface area contributed by atoms with Crippen LogP contribution in [-0.4, -0.2) is 4.98 Å². The SMILES string of the molecule is Cc1coc(C2CCC(CC(C)C)CC2)n1. The molecule has 0 spiro atoms. The largest absolute Gasteiger partial charge is 0.448 e. The van der Waals surface area contributed by atoms with E-state index in [9.17, 15) is 0 Å². The van der Waals surface area contributed by atoms with E-state index in [0.717, 1.165) is 23.4 Å². The Kier molecular flexibility index (Phi) is 3.67. The third-order valence-corrected chi connectivity index (χ3v) is 3.64. The lowest BCUT2D eigenvalue weighted by atomic mass is 9.78. The Balaban J connectivity index is 1.85. The summed E-state index contributed by atoms with van der Waals surface area (Å²) in [6, 6.07) is 0. The molecule has 1 aromatic rings. The molecule has 1 aliphatic rings. The third-order valence-electron chi connectivity index (χ3n) is 3.64. The van der Waals surface area contributed by atoms with Gasteiger partial charge in [0.05, 0.1) is 5.69 Å². The molecule has 0 unspecified atom stereocenters. The van der Waals surface area contributed by atoms with Crippen molar-refractivity contribution < 1.29 is 4.42 Å². The number of nitrogens with zero attached hydrogens (tertiary/aromatic N) is 1. The molecule has 0 amide bonds. The Labute approximate surface area is 98.5 Å². The van der Waals surface area contributed by atoms with Crippen LogP contribution in [0, 0.1) is 18.8 Å². The van der Waals surface area contributed by atoms with Gasteiger partial charge in [-0.05, 0) is 50.9 Å². The van der Waals surface area contributed by atoms with E-state index in [1.807, 2.05) is 6.92 Å². The second-order valence-corrected chi connectivity index (χ2v) is 5.67. The van der Waals surface area contributed by atoms with E-state index in [0.29, 0.717) is 5.92 Å². The first-order valence-corrected chi connectivity index (χ1v) is 6.57. The number of oxazole rings is 1. The van der Waals surface area contributed by atoms with Crippen molar-refractivity contribution in [2.24, 2.45) is 11.8 Å². The number of aryl methyl sites for hydroxylation is 1. The Bertz CT molecular complexity index is 321. The highest BCUT2D eigenvalue weighted by Crippen LogP contribution is 2.37. The molecule has 0 saturated heterocycles. The molecule has 2 nitrogen and oxygen atoms in total. The molecule has 2 rings (SSSR count). The summed E-state index contributed by atoms with van der Waals surface area (Å²) in [6.45, 7) is 6.64. The zero-order valence-corrected chi connectivity index (χ0v) is 10.7. The number of hydrogen-bond donors (Lipinski definition) is 0. The maximum absolute atomic E-state index is 5.51. The lowest BCUT2D eigenvalue weighted by Crippen LogP contribution is -2.15. The highest BCUT2D eigenvalue weighted by molar-refractivity contribution is 5.00. The normalized spacial score (nSPS) is 26.2. The Hall–Kier alpha value is -0.790. The monoisotopic (exact) mass is 221 g/mol. The predicted octanol–water partition coefficient (Wildman–Crippen LogP) is 4.30. The van der Waals surface area contributed by atoms with Crippen molar-refractivity contribution in [2.45, 2.75) is 58.8 Å². The molecule has 1 saturated carbocycles. The van der Waals surface area contributed by atoms with Crippen LogP contribution in [0.15, 0.2) is 10.7 Å². The van der Waals surface area contributed by atoms with Crippen LogP contribution in [0.25, 0.3) is 0 Å². The topological polar surface area (TPSA) is 26.0 Å². The van der Waals surface area contributed by atoms with E-state index >= 15 is 0 Å². The lowest BCUT2D eigenvalue weighted by molar-refractivity contribution is 0.261. The Morgan fingerprint density at radius 2 is 2.00 bits per heavy atom. The molecule has 1 heterocycles. The minimum Gasteiger partial charge on any atom is -0.448 e. The molecule has 1 aliphatic carbocycles. The van der Waals surface area contributed by atoms with E-state index in [1.165, 1.54) is 32.1 Å². The first kappa shape index (κ1) is 11.7. The van der Waals surface area contributed by atoms with Crippen molar-refractivity contribution in [3.8, 4) is 0 Å². The third kappa shape index (κ3) is 2.87. The van der Waals surface area contributed by atoms with Gasteiger partial charge in [-0.1, -0.05) is 13.8 Å². The molecule has 2 heteroatoms. The highest BCUT2D eigenvalue weighted by Gasteiger charge is 2.25. The summed E-state index contributed by atoms with van der Waals surface area (Å²) in [7, 11) is 0. The molecular formula is C14H23NO. The van der Waals surface area contributed by atoms with Crippen LogP contribution in [0.5, 0.6) is 0 Å². The minimum absolute atomic E-state index is 0.581. The fourth-order valence-corrected chi connectivity index (χ4v) is 2.87. The van der Waals surface area contributed by atoms with E-state index in [-0.39, 0.29) is 0 Å². The number of rotatable bonds is 3. The number of hydrogen-bond acceptors (Lipinski definition) is 2. The summed E-state index contributed by atoms with van der Waals surface area (Å²) in [5.41, 5.74) is 1.01. The van der Waals surface area contributed by atoms with Crippen LogP contribution in [0.2, 0.25) is 0 Å². The quantitative estimate of drug-likeness (QED) is 0.760. The van der Waals surface area contributed by atoms with Crippen molar-refractivity contribution in [1.29, 1.82) is 0 Å². The van der Waals surface area contributed by atoms with Gasteiger partial charge in [-0.15, -0.1) is 0 Å². The summed E-state index contributed by atoms with van der Waals surface area (Å²) in [6.07, 6.45) is 8.39. The van der Waals surface area contributed by atoms with Crippen LogP contribution in [-0.2, 0) is 0 Å². The maximum Gasteiger partial charge on any atom is 0.197 e. The molecule has 90 valence electrons. The smallest absolute Gasteiger partial charge is 0.197 e. The van der Waals surface area contributed by atoms with Gasteiger partial charge in [0.2, 0.25) is 0 Å². The van der Waals surface area contributed by atoms with Crippen molar-refractivity contribution in [2.75, 3.05) is 0 Å². The summed E-state index contributed by atoms with van der Waals surface area (Å²) >= 11 is 0. The fraction of sp³-hybridized carbons (Fsp3) is 0.786. The lowest BCUT2D eigenvalue weighted by Gasteiger charge is -2.27. The predicted molar refractivity (Wildman–Crippen MR) is 65.4 cm³/mol. The van der Waals surface area contributed by atoms with Crippen molar-refractivity contribution in [3.63, 3.8) is 0 Å². The second kappa shape index (κ2) is 5.03. The van der Waals surface area contributed by atoms with Gasteiger partial charge in [-0.3, -0.25) is 0 Å². The second-order valence-electron chi connectivity index (χ2n) is 5.67. The average Bonchev–Trinajstić information content (AvgIpc) is 2.65.